The maximum absolute atomic E-state index is 5.63. The summed E-state index contributed by atoms with van der Waals surface area (Å²) in [6.45, 7) is 8.13. The average molecular weight is 128 g/mol. The number of hydrogen-bond donors (Lipinski definition) is 1. The lowest BCUT2D eigenvalue weighted by atomic mass is 10.5. The Morgan fingerprint density at radius 2 is 1.89 bits per heavy atom. The smallest absolute Gasteiger partial charge is 0.0942 e. The number of nitrogens with zero attached hydrogens (tertiary/aromatic N) is 1. The van der Waals surface area contributed by atoms with Gasteiger partial charge < -0.3 is 10.6 Å². The van der Waals surface area contributed by atoms with Crippen LogP contribution in [0.4, 0.5) is 0 Å². The summed E-state index contributed by atoms with van der Waals surface area (Å²) in [7, 11) is 0. The fourth-order valence-corrected chi connectivity index (χ4v) is 0.771. The first-order valence-electron chi connectivity index (χ1n) is 3.42. The number of allylic oxidation sites excluding steroid dienone is 1. The molecule has 0 saturated heterocycles. The van der Waals surface area contributed by atoms with Gasteiger partial charge in [-0.2, -0.15) is 0 Å². The zero-order chi connectivity index (χ0) is 7.28. The molecule has 0 heterocycles. The Morgan fingerprint density at radius 3 is 2.00 bits per heavy atom. The van der Waals surface area contributed by atoms with Crippen LogP contribution in [0.3, 0.4) is 0 Å². The highest BCUT2D eigenvalue weighted by molar-refractivity contribution is 4.92. The van der Waals surface area contributed by atoms with Crippen molar-refractivity contribution in [1.82, 2.24) is 4.90 Å². The van der Waals surface area contributed by atoms with Gasteiger partial charge in [-0.15, -0.1) is 0 Å². The highest BCUT2D eigenvalue weighted by Gasteiger charge is 1.95. The monoisotopic (exact) mass is 128 g/mol. The van der Waals surface area contributed by atoms with Gasteiger partial charge in [0.25, 0.3) is 0 Å². The molecule has 0 fully saturated rings. The molecular formula is C7H16N2. The summed E-state index contributed by atoms with van der Waals surface area (Å²) in [4.78, 5) is 2.11. The van der Waals surface area contributed by atoms with Crippen LogP contribution >= 0.6 is 0 Å². The van der Waals surface area contributed by atoms with Crippen molar-refractivity contribution in [2.75, 3.05) is 13.1 Å². The van der Waals surface area contributed by atoms with Gasteiger partial charge in [0.05, 0.1) is 5.82 Å². The molecule has 0 aliphatic carbocycles. The summed E-state index contributed by atoms with van der Waals surface area (Å²) in [5.41, 5.74) is 5.63. The van der Waals surface area contributed by atoms with E-state index in [2.05, 4.69) is 18.7 Å². The first-order valence-corrected chi connectivity index (χ1v) is 3.42. The van der Waals surface area contributed by atoms with Crippen LogP contribution in [-0.4, -0.2) is 18.0 Å². The van der Waals surface area contributed by atoms with Gasteiger partial charge in [0.2, 0.25) is 0 Å². The molecule has 0 aliphatic heterocycles. The fourth-order valence-electron chi connectivity index (χ4n) is 0.771. The van der Waals surface area contributed by atoms with E-state index >= 15 is 0 Å². The second-order valence-corrected chi connectivity index (χ2v) is 1.89. The largest absolute Gasteiger partial charge is 0.386 e. The minimum atomic E-state index is 0.875. The van der Waals surface area contributed by atoms with Crippen molar-refractivity contribution < 1.29 is 0 Å². The highest BCUT2D eigenvalue weighted by atomic mass is 15.2. The van der Waals surface area contributed by atoms with Crippen LogP contribution in [0.25, 0.3) is 0 Å². The van der Waals surface area contributed by atoms with E-state index in [1.165, 1.54) is 0 Å². The van der Waals surface area contributed by atoms with Gasteiger partial charge in [-0.3, -0.25) is 0 Å². The molecule has 0 atom stereocenters. The molecule has 0 rings (SSSR count). The lowest BCUT2D eigenvalue weighted by Gasteiger charge is -2.20. The molecule has 2 nitrogen and oxygen atoms in total. The topological polar surface area (TPSA) is 29.3 Å². The van der Waals surface area contributed by atoms with Crippen LogP contribution in [0.1, 0.15) is 20.8 Å². The summed E-state index contributed by atoms with van der Waals surface area (Å²) >= 11 is 0. The minimum absolute atomic E-state index is 0.875. The Morgan fingerprint density at radius 1 is 1.44 bits per heavy atom. The van der Waals surface area contributed by atoms with Crippen LogP contribution < -0.4 is 5.73 Å². The van der Waals surface area contributed by atoms with Crippen LogP contribution in [0.15, 0.2) is 11.9 Å². The summed E-state index contributed by atoms with van der Waals surface area (Å²) < 4.78 is 0. The van der Waals surface area contributed by atoms with Crippen LogP contribution in [0.5, 0.6) is 0 Å². The van der Waals surface area contributed by atoms with Crippen LogP contribution in [0, 0.1) is 0 Å². The van der Waals surface area contributed by atoms with E-state index in [1.807, 2.05) is 13.0 Å². The van der Waals surface area contributed by atoms with Crippen LogP contribution in [0.2, 0.25) is 0 Å². The molecule has 0 aliphatic rings. The first kappa shape index (κ1) is 8.34. The van der Waals surface area contributed by atoms with Gasteiger partial charge in [-0.25, -0.2) is 0 Å². The zero-order valence-corrected chi connectivity index (χ0v) is 6.52. The maximum atomic E-state index is 5.63. The van der Waals surface area contributed by atoms with Gasteiger partial charge in [0.15, 0.2) is 0 Å². The number of rotatable bonds is 3. The van der Waals surface area contributed by atoms with Crippen molar-refractivity contribution >= 4 is 0 Å². The molecule has 0 unspecified atom stereocenters. The third-order valence-corrected chi connectivity index (χ3v) is 1.42. The van der Waals surface area contributed by atoms with Crippen molar-refractivity contribution in [3.05, 3.63) is 11.9 Å². The quantitative estimate of drug-likeness (QED) is 0.617. The minimum Gasteiger partial charge on any atom is -0.386 e. The lowest BCUT2D eigenvalue weighted by Crippen LogP contribution is -2.26. The van der Waals surface area contributed by atoms with E-state index in [-0.39, 0.29) is 0 Å². The van der Waals surface area contributed by atoms with Gasteiger partial charge in [0.1, 0.15) is 0 Å². The van der Waals surface area contributed by atoms with E-state index < -0.39 is 0 Å². The van der Waals surface area contributed by atoms with E-state index in [4.69, 9.17) is 5.73 Å². The second-order valence-electron chi connectivity index (χ2n) is 1.89. The molecule has 0 aromatic heterocycles. The predicted octanol–water partition coefficient (Wildman–Crippen LogP) is 1.15. The van der Waals surface area contributed by atoms with E-state index in [1.54, 1.807) is 0 Å². The molecule has 54 valence electrons. The molecule has 0 saturated carbocycles. The molecule has 0 radical (unpaired) electrons. The standard InChI is InChI=1S/C7H16N2/c1-4-7(8)9(5-2)6-3/h4H,5-6,8H2,1-3H3/b7-4+. The van der Waals surface area contributed by atoms with Crippen molar-refractivity contribution in [2.45, 2.75) is 20.8 Å². The lowest BCUT2D eigenvalue weighted by molar-refractivity contribution is 0.377. The van der Waals surface area contributed by atoms with Crippen molar-refractivity contribution in [3.63, 3.8) is 0 Å². The molecule has 2 N–H and O–H groups in total. The third kappa shape index (κ3) is 2.40. The van der Waals surface area contributed by atoms with Crippen molar-refractivity contribution in [2.24, 2.45) is 5.73 Å². The Balaban J connectivity index is 3.79. The number of nitrogens with two attached hydrogens (primary N) is 1. The Hall–Kier alpha value is -0.660. The third-order valence-electron chi connectivity index (χ3n) is 1.42. The average Bonchev–Trinajstić information content (AvgIpc) is 1.90. The van der Waals surface area contributed by atoms with Gasteiger partial charge in [-0.1, -0.05) is 0 Å². The fraction of sp³-hybridized carbons (Fsp3) is 0.714. The molecule has 0 aromatic rings. The molecule has 0 amide bonds. The van der Waals surface area contributed by atoms with Crippen molar-refractivity contribution in [1.29, 1.82) is 0 Å². The summed E-state index contributed by atoms with van der Waals surface area (Å²) in [5, 5.41) is 0. The molecule has 9 heavy (non-hydrogen) atoms. The van der Waals surface area contributed by atoms with Gasteiger partial charge >= 0.3 is 0 Å². The van der Waals surface area contributed by atoms with E-state index in [0.29, 0.717) is 0 Å². The molecule has 2 heteroatoms. The maximum Gasteiger partial charge on any atom is 0.0942 e. The van der Waals surface area contributed by atoms with E-state index in [0.717, 1.165) is 18.9 Å². The Bertz CT molecular complexity index is 93.1. The number of hydrogen-bond acceptors (Lipinski definition) is 2. The Kier molecular flexibility index (Phi) is 3.93. The van der Waals surface area contributed by atoms with Crippen LogP contribution in [-0.2, 0) is 0 Å². The normalized spacial score (nSPS) is 11.7. The van der Waals surface area contributed by atoms with Crippen molar-refractivity contribution in [3.8, 4) is 0 Å². The SMILES string of the molecule is C/C=C(\N)N(CC)CC. The van der Waals surface area contributed by atoms with Gasteiger partial charge in [-0.05, 0) is 26.8 Å². The summed E-state index contributed by atoms with van der Waals surface area (Å²) in [6.07, 6.45) is 1.92. The van der Waals surface area contributed by atoms with Gasteiger partial charge in [0, 0.05) is 13.1 Å². The zero-order valence-electron chi connectivity index (χ0n) is 6.52. The molecule has 0 bridgehead atoms. The first-order chi connectivity index (χ1) is 4.26. The van der Waals surface area contributed by atoms with E-state index in [9.17, 15) is 0 Å². The molecular weight excluding hydrogens is 112 g/mol. The summed E-state index contributed by atoms with van der Waals surface area (Å²) in [6, 6.07) is 0. The highest BCUT2D eigenvalue weighted by Crippen LogP contribution is 1.93. The molecule has 0 aromatic carbocycles. The predicted molar refractivity (Wildman–Crippen MR) is 40.9 cm³/mol. The molecule has 0 spiro atoms. The summed E-state index contributed by atoms with van der Waals surface area (Å²) in [5.74, 6) is 0.875. The second kappa shape index (κ2) is 4.24. The Labute approximate surface area is 57.3 Å².